The van der Waals surface area contributed by atoms with E-state index in [-0.39, 0.29) is 6.04 Å². The first-order valence-electron chi connectivity index (χ1n) is 7.39. The van der Waals surface area contributed by atoms with Gasteiger partial charge in [-0.2, -0.15) is 0 Å². The molecule has 3 atom stereocenters. The number of hydrogen-bond acceptors (Lipinski definition) is 2. The highest BCUT2D eigenvalue weighted by Gasteiger charge is 2.32. The topological polar surface area (TPSA) is 29.3 Å². The lowest BCUT2D eigenvalue weighted by molar-refractivity contribution is 0.181. The lowest BCUT2D eigenvalue weighted by atomic mass is 10.0. The fraction of sp³-hybridized carbons (Fsp3) is 0.333. The lowest BCUT2D eigenvalue weighted by Gasteiger charge is -2.31. The minimum atomic E-state index is 0.139. The molecule has 0 bridgehead atoms. The van der Waals surface area contributed by atoms with Gasteiger partial charge < -0.3 is 5.73 Å². The molecular weight excluding hydrogens is 280 g/mol. The Morgan fingerprint density at radius 1 is 1.14 bits per heavy atom. The van der Waals surface area contributed by atoms with E-state index in [9.17, 15) is 0 Å². The minimum absolute atomic E-state index is 0.139. The third-order valence-electron chi connectivity index (χ3n) is 4.67. The summed E-state index contributed by atoms with van der Waals surface area (Å²) in [6, 6.07) is 17.4. The third-order valence-corrected chi connectivity index (χ3v) is 4.90. The summed E-state index contributed by atoms with van der Waals surface area (Å²) in [6.07, 6.45) is 0.973. The number of hydrogen-bond donors (Lipinski definition) is 1. The maximum atomic E-state index is 6.29. The van der Waals surface area contributed by atoms with Crippen molar-refractivity contribution in [2.75, 3.05) is 7.05 Å². The zero-order chi connectivity index (χ0) is 15.0. The maximum absolute atomic E-state index is 6.29. The molecule has 2 nitrogen and oxygen atoms in total. The van der Waals surface area contributed by atoms with Crippen molar-refractivity contribution in [2.45, 2.75) is 31.5 Å². The monoisotopic (exact) mass is 300 g/mol. The van der Waals surface area contributed by atoms with Crippen LogP contribution in [0.5, 0.6) is 0 Å². The molecule has 0 saturated carbocycles. The van der Waals surface area contributed by atoms with Crippen molar-refractivity contribution in [2.24, 2.45) is 5.73 Å². The average Bonchev–Trinajstić information content (AvgIpc) is 2.83. The fourth-order valence-electron chi connectivity index (χ4n) is 3.30. The summed E-state index contributed by atoms with van der Waals surface area (Å²) in [6.45, 7) is 2.22. The molecule has 110 valence electrons. The van der Waals surface area contributed by atoms with Crippen molar-refractivity contribution in [1.29, 1.82) is 0 Å². The summed E-state index contributed by atoms with van der Waals surface area (Å²) >= 11 is 6.12. The van der Waals surface area contributed by atoms with Crippen LogP contribution in [0.2, 0.25) is 5.02 Å². The molecule has 0 spiro atoms. The van der Waals surface area contributed by atoms with Crippen molar-refractivity contribution in [3.8, 4) is 0 Å². The summed E-state index contributed by atoms with van der Waals surface area (Å²) in [7, 11) is 2.17. The van der Waals surface area contributed by atoms with Crippen LogP contribution < -0.4 is 5.73 Å². The summed E-state index contributed by atoms with van der Waals surface area (Å²) in [4.78, 5) is 2.40. The molecule has 0 amide bonds. The van der Waals surface area contributed by atoms with E-state index in [0.29, 0.717) is 12.1 Å². The molecule has 3 heteroatoms. The van der Waals surface area contributed by atoms with Gasteiger partial charge in [0.2, 0.25) is 0 Å². The zero-order valence-corrected chi connectivity index (χ0v) is 13.2. The van der Waals surface area contributed by atoms with Crippen molar-refractivity contribution in [3.05, 3.63) is 70.2 Å². The van der Waals surface area contributed by atoms with E-state index in [4.69, 9.17) is 17.3 Å². The first kappa shape index (κ1) is 14.6. The Labute approximate surface area is 131 Å². The molecule has 2 N–H and O–H groups in total. The third kappa shape index (κ3) is 2.71. The zero-order valence-electron chi connectivity index (χ0n) is 12.5. The number of nitrogens with zero attached hydrogens (tertiary/aromatic N) is 1. The predicted octanol–water partition coefficient (Wildman–Crippen LogP) is 4.48. The quantitative estimate of drug-likeness (QED) is 0.905. The van der Waals surface area contributed by atoms with Gasteiger partial charge in [-0.15, -0.1) is 0 Å². The molecule has 0 aliphatic heterocycles. The Kier molecular flexibility index (Phi) is 4.03. The van der Waals surface area contributed by atoms with E-state index in [0.717, 1.165) is 11.4 Å². The lowest BCUT2D eigenvalue weighted by Crippen LogP contribution is -2.26. The largest absolute Gasteiger partial charge is 0.324 e. The van der Waals surface area contributed by atoms with Gasteiger partial charge in [0.25, 0.3) is 0 Å². The van der Waals surface area contributed by atoms with Gasteiger partial charge in [0.15, 0.2) is 0 Å². The molecule has 0 saturated heterocycles. The molecule has 3 unspecified atom stereocenters. The first-order chi connectivity index (χ1) is 10.1. The van der Waals surface area contributed by atoms with Gasteiger partial charge in [-0.3, -0.25) is 4.90 Å². The van der Waals surface area contributed by atoms with E-state index >= 15 is 0 Å². The van der Waals surface area contributed by atoms with Gasteiger partial charge in [-0.05, 0) is 49.2 Å². The Morgan fingerprint density at radius 3 is 2.57 bits per heavy atom. The summed E-state index contributed by atoms with van der Waals surface area (Å²) < 4.78 is 0. The van der Waals surface area contributed by atoms with Gasteiger partial charge >= 0.3 is 0 Å². The standard InChI is InChI=1S/C18H21ClN2/c1-12(13-6-5-7-14(19)10-13)21(2)18-11-17(20)15-8-3-4-9-16(15)18/h3-10,12,17-18H,11,20H2,1-2H3. The number of fused-ring (bicyclic) bond motifs is 1. The molecule has 3 rings (SSSR count). The second-order valence-electron chi connectivity index (χ2n) is 5.88. The molecule has 21 heavy (non-hydrogen) atoms. The molecule has 2 aromatic carbocycles. The van der Waals surface area contributed by atoms with Crippen LogP contribution in [0, 0.1) is 0 Å². The van der Waals surface area contributed by atoms with Crippen LogP contribution in [-0.4, -0.2) is 11.9 Å². The number of rotatable bonds is 3. The Balaban J connectivity index is 1.88. The molecule has 1 aliphatic rings. The summed E-state index contributed by atoms with van der Waals surface area (Å²) in [5.41, 5.74) is 10.2. The molecule has 0 aromatic heterocycles. The predicted molar refractivity (Wildman–Crippen MR) is 88.4 cm³/mol. The van der Waals surface area contributed by atoms with Gasteiger partial charge in [0.1, 0.15) is 0 Å². The van der Waals surface area contributed by atoms with E-state index < -0.39 is 0 Å². The molecule has 0 fully saturated rings. The molecule has 2 aromatic rings. The van der Waals surface area contributed by atoms with Crippen molar-refractivity contribution < 1.29 is 0 Å². The molecule has 0 radical (unpaired) electrons. The van der Waals surface area contributed by atoms with Gasteiger partial charge in [0.05, 0.1) is 0 Å². The summed E-state index contributed by atoms with van der Waals surface area (Å²) in [5, 5.41) is 0.788. The highest BCUT2D eigenvalue weighted by Crippen LogP contribution is 2.43. The number of halogens is 1. The first-order valence-corrected chi connectivity index (χ1v) is 7.77. The van der Waals surface area contributed by atoms with Gasteiger partial charge in [-0.1, -0.05) is 48.0 Å². The molecule has 1 aliphatic carbocycles. The van der Waals surface area contributed by atoms with Crippen LogP contribution in [-0.2, 0) is 0 Å². The second kappa shape index (κ2) is 5.80. The van der Waals surface area contributed by atoms with Crippen molar-refractivity contribution in [1.82, 2.24) is 4.90 Å². The van der Waals surface area contributed by atoms with Gasteiger partial charge in [-0.25, -0.2) is 0 Å². The maximum Gasteiger partial charge on any atom is 0.0409 e. The van der Waals surface area contributed by atoms with Crippen LogP contribution in [0.25, 0.3) is 0 Å². The smallest absolute Gasteiger partial charge is 0.0409 e. The molecule has 0 heterocycles. The van der Waals surface area contributed by atoms with Crippen LogP contribution in [0.3, 0.4) is 0 Å². The van der Waals surface area contributed by atoms with Gasteiger partial charge in [0, 0.05) is 23.1 Å². The van der Waals surface area contributed by atoms with E-state index in [1.807, 2.05) is 18.2 Å². The van der Waals surface area contributed by atoms with E-state index in [1.54, 1.807) is 0 Å². The second-order valence-corrected chi connectivity index (χ2v) is 6.32. The Morgan fingerprint density at radius 2 is 1.86 bits per heavy atom. The van der Waals surface area contributed by atoms with Crippen molar-refractivity contribution in [3.63, 3.8) is 0 Å². The van der Waals surface area contributed by atoms with Crippen LogP contribution >= 0.6 is 11.6 Å². The minimum Gasteiger partial charge on any atom is -0.324 e. The fourth-order valence-corrected chi connectivity index (χ4v) is 3.50. The van der Waals surface area contributed by atoms with Crippen LogP contribution in [0.4, 0.5) is 0 Å². The summed E-state index contributed by atoms with van der Waals surface area (Å²) in [5.74, 6) is 0. The SMILES string of the molecule is CC(c1cccc(Cl)c1)N(C)C1CC(N)c2ccccc21. The average molecular weight is 301 g/mol. The Hall–Kier alpha value is -1.35. The molecular formula is C18H21ClN2. The normalized spacial score (nSPS) is 22.3. The Bertz CT molecular complexity index is 641. The highest BCUT2D eigenvalue weighted by atomic mass is 35.5. The van der Waals surface area contributed by atoms with E-state index in [1.165, 1.54) is 16.7 Å². The number of benzene rings is 2. The van der Waals surface area contributed by atoms with E-state index in [2.05, 4.69) is 49.2 Å². The number of nitrogens with two attached hydrogens (primary N) is 1. The van der Waals surface area contributed by atoms with Crippen LogP contribution in [0.15, 0.2) is 48.5 Å². The van der Waals surface area contributed by atoms with Crippen LogP contribution in [0.1, 0.15) is 48.2 Å². The highest BCUT2D eigenvalue weighted by molar-refractivity contribution is 6.30. The van der Waals surface area contributed by atoms with Crippen molar-refractivity contribution >= 4 is 11.6 Å².